The molecule has 1 aromatic rings. The van der Waals surface area contributed by atoms with Crippen LogP contribution in [0.25, 0.3) is 0 Å². The fourth-order valence-corrected chi connectivity index (χ4v) is 5.45. The Labute approximate surface area is 151 Å². The van der Waals surface area contributed by atoms with Gasteiger partial charge < -0.3 is 15.5 Å². The maximum atomic E-state index is 5.60. The van der Waals surface area contributed by atoms with Crippen molar-refractivity contribution in [3.63, 3.8) is 0 Å². The number of aryl methyl sites for hydroxylation is 2. The van der Waals surface area contributed by atoms with Crippen LogP contribution in [0.2, 0.25) is 0 Å². The first-order valence-corrected chi connectivity index (χ1v) is 10.0. The van der Waals surface area contributed by atoms with Crippen molar-refractivity contribution < 1.29 is 4.90 Å². The second kappa shape index (κ2) is 6.64. The quantitative estimate of drug-likeness (QED) is 0.737. The maximum Gasteiger partial charge on any atom is 0.171 e. The number of quaternary nitrogens is 1. The van der Waals surface area contributed by atoms with Gasteiger partial charge in [0, 0.05) is 37.4 Å². The van der Waals surface area contributed by atoms with Crippen molar-refractivity contribution in [3.05, 3.63) is 29.3 Å². The summed E-state index contributed by atoms with van der Waals surface area (Å²) in [4.78, 5) is 1.95. The van der Waals surface area contributed by atoms with Gasteiger partial charge in [-0.15, -0.1) is 0 Å². The van der Waals surface area contributed by atoms with Crippen LogP contribution in [0.3, 0.4) is 0 Å². The molecule has 2 aliphatic heterocycles. The SMILES string of the molecule is Cc1cc(C)cc(NC(=S)NC2C[C@H]3CCC[C@@H](C2)[NH+]3C2CC2)c1. The van der Waals surface area contributed by atoms with E-state index >= 15 is 0 Å². The minimum Gasteiger partial charge on any atom is -0.359 e. The number of thiocarbonyl (C=S) groups is 1. The standard InChI is InChI=1S/C20H29N3S/c1-13-8-14(2)10-15(9-13)21-20(24)22-16-11-18-4-3-5-19(12-16)23(18)17-6-7-17/h8-10,16-19H,3-7,11-12H2,1-2H3,(H2,21,22,24)/p+1/t16?,18-,19+. The molecule has 0 amide bonds. The highest BCUT2D eigenvalue weighted by atomic mass is 32.1. The molecule has 2 bridgehead atoms. The number of anilines is 1. The summed E-state index contributed by atoms with van der Waals surface area (Å²) in [6.07, 6.45) is 9.77. The van der Waals surface area contributed by atoms with Gasteiger partial charge in [0.15, 0.2) is 5.11 Å². The third-order valence-corrected chi connectivity index (χ3v) is 6.27. The minimum atomic E-state index is 0.550. The van der Waals surface area contributed by atoms with Crippen molar-refractivity contribution in [2.75, 3.05) is 5.32 Å². The molecule has 130 valence electrons. The molecule has 4 atom stereocenters. The van der Waals surface area contributed by atoms with Crippen molar-refractivity contribution in [3.8, 4) is 0 Å². The highest BCUT2D eigenvalue weighted by molar-refractivity contribution is 7.80. The van der Waals surface area contributed by atoms with E-state index in [9.17, 15) is 0 Å². The highest BCUT2D eigenvalue weighted by Crippen LogP contribution is 2.27. The monoisotopic (exact) mass is 344 g/mol. The molecule has 3 N–H and O–H groups in total. The normalized spacial score (nSPS) is 32.2. The Morgan fingerprint density at radius 1 is 0.958 bits per heavy atom. The Morgan fingerprint density at radius 2 is 1.58 bits per heavy atom. The second-order valence-corrected chi connectivity index (χ2v) is 8.65. The number of nitrogens with one attached hydrogen (secondary N) is 3. The summed E-state index contributed by atoms with van der Waals surface area (Å²) in [7, 11) is 0. The molecule has 0 aromatic heterocycles. The third kappa shape index (κ3) is 3.60. The van der Waals surface area contributed by atoms with Crippen molar-refractivity contribution in [2.45, 2.75) is 83.0 Å². The van der Waals surface area contributed by atoms with E-state index in [2.05, 4.69) is 42.7 Å². The lowest BCUT2D eigenvalue weighted by Crippen LogP contribution is -3.22. The van der Waals surface area contributed by atoms with E-state index < -0.39 is 0 Å². The van der Waals surface area contributed by atoms with Gasteiger partial charge in [-0.3, -0.25) is 0 Å². The van der Waals surface area contributed by atoms with Gasteiger partial charge in [0.2, 0.25) is 0 Å². The smallest absolute Gasteiger partial charge is 0.171 e. The van der Waals surface area contributed by atoms with Crippen molar-refractivity contribution in [1.29, 1.82) is 0 Å². The Balaban J connectivity index is 1.36. The first kappa shape index (κ1) is 16.3. The predicted octanol–water partition coefficient (Wildman–Crippen LogP) is 2.72. The van der Waals surface area contributed by atoms with Crippen LogP contribution in [0, 0.1) is 13.8 Å². The Morgan fingerprint density at radius 3 is 2.17 bits per heavy atom. The zero-order valence-corrected chi connectivity index (χ0v) is 15.7. The Bertz CT molecular complexity index is 591. The molecule has 4 heteroatoms. The van der Waals surface area contributed by atoms with E-state index in [4.69, 9.17) is 12.2 Å². The van der Waals surface area contributed by atoms with Crippen LogP contribution < -0.4 is 15.5 Å². The first-order valence-electron chi connectivity index (χ1n) is 9.61. The van der Waals surface area contributed by atoms with E-state index in [0.29, 0.717) is 6.04 Å². The van der Waals surface area contributed by atoms with Gasteiger partial charge in [0.25, 0.3) is 0 Å². The molecule has 1 aromatic carbocycles. The molecular formula is C20H30N3S+. The second-order valence-electron chi connectivity index (χ2n) is 8.24. The molecular weight excluding hydrogens is 314 g/mol. The summed E-state index contributed by atoms with van der Waals surface area (Å²) in [5.41, 5.74) is 3.65. The topological polar surface area (TPSA) is 28.5 Å². The van der Waals surface area contributed by atoms with Gasteiger partial charge in [0.1, 0.15) is 0 Å². The molecule has 1 aliphatic carbocycles. The Kier molecular flexibility index (Phi) is 4.52. The van der Waals surface area contributed by atoms with E-state index in [1.54, 1.807) is 0 Å². The number of fused-ring (bicyclic) bond motifs is 2. The fourth-order valence-electron chi connectivity index (χ4n) is 5.17. The zero-order chi connectivity index (χ0) is 16.7. The summed E-state index contributed by atoms with van der Waals surface area (Å²) in [6, 6.07) is 9.79. The molecule has 2 heterocycles. The molecule has 3 aliphatic rings. The lowest BCUT2D eigenvalue weighted by Gasteiger charge is -2.46. The van der Waals surface area contributed by atoms with Gasteiger partial charge >= 0.3 is 0 Å². The summed E-state index contributed by atoms with van der Waals surface area (Å²) in [5, 5.41) is 7.81. The highest BCUT2D eigenvalue weighted by Gasteiger charge is 2.48. The predicted molar refractivity (Wildman–Crippen MR) is 104 cm³/mol. The largest absolute Gasteiger partial charge is 0.359 e. The van der Waals surface area contributed by atoms with Crippen LogP contribution in [0.5, 0.6) is 0 Å². The third-order valence-electron chi connectivity index (χ3n) is 6.05. The van der Waals surface area contributed by atoms with Crippen LogP contribution in [0.4, 0.5) is 5.69 Å². The number of benzene rings is 1. The number of piperidine rings is 2. The lowest BCUT2D eigenvalue weighted by molar-refractivity contribution is -0.971. The fraction of sp³-hybridized carbons (Fsp3) is 0.650. The van der Waals surface area contributed by atoms with Crippen LogP contribution in [-0.2, 0) is 0 Å². The van der Waals surface area contributed by atoms with Crippen LogP contribution >= 0.6 is 12.2 Å². The summed E-state index contributed by atoms with van der Waals surface area (Å²) in [6.45, 7) is 4.26. The van der Waals surface area contributed by atoms with Gasteiger partial charge in [0.05, 0.1) is 18.1 Å². The van der Waals surface area contributed by atoms with E-state index in [1.165, 1.54) is 56.1 Å². The molecule has 3 nitrogen and oxygen atoms in total. The average Bonchev–Trinajstić information content (AvgIpc) is 3.29. The van der Waals surface area contributed by atoms with Crippen molar-refractivity contribution in [2.24, 2.45) is 0 Å². The minimum absolute atomic E-state index is 0.550. The molecule has 1 saturated carbocycles. The van der Waals surface area contributed by atoms with E-state index in [-0.39, 0.29) is 0 Å². The molecule has 2 saturated heterocycles. The Hall–Kier alpha value is -1.13. The average molecular weight is 345 g/mol. The number of hydrogen-bond acceptors (Lipinski definition) is 1. The van der Waals surface area contributed by atoms with Gasteiger partial charge in [-0.2, -0.15) is 0 Å². The summed E-state index contributed by atoms with van der Waals surface area (Å²) >= 11 is 5.60. The molecule has 3 fully saturated rings. The summed E-state index contributed by atoms with van der Waals surface area (Å²) in [5.74, 6) is 0. The van der Waals surface area contributed by atoms with Crippen molar-refractivity contribution >= 4 is 23.0 Å². The molecule has 0 spiro atoms. The maximum absolute atomic E-state index is 5.60. The van der Waals surface area contributed by atoms with Gasteiger partial charge in [-0.1, -0.05) is 6.07 Å². The van der Waals surface area contributed by atoms with E-state index in [0.717, 1.165) is 28.9 Å². The molecule has 24 heavy (non-hydrogen) atoms. The van der Waals surface area contributed by atoms with Crippen molar-refractivity contribution in [1.82, 2.24) is 5.32 Å². The molecule has 2 unspecified atom stereocenters. The van der Waals surface area contributed by atoms with Crippen LogP contribution in [0.1, 0.15) is 56.1 Å². The first-order chi connectivity index (χ1) is 11.6. The lowest BCUT2D eigenvalue weighted by atomic mass is 9.81. The molecule has 4 rings (SSSR count). The van der Waals surface area contributed by atoms with Crippen LogP contribution in [-0.4, -0.2) is 29.3 Å². The number of rotatable bonds is 3. The van der Waals surface area contributed by atoms with Crippen LogP contribution in [0.15, 0.2) is 18.2 Å². The van der Waals surface area contributed by atoms with Gasteiger partial charge in [-0.25, -0.2) is 0 Å². The molecule has 0 radical (unpaired) electrons. The number of hydrogen-bond donors (Lipinski definition) is 3. The summed E-state index contributed by atoms with van der Waals surface area (Å²) < 4.78 is 0. The zero-order valence-electron chi connectivity index (χ0n) is 14.9. The van der Waals surface area contributed by atoms with E-state index in [1.807, 2.05) is 4.90 Å². The van der Waals surface area contributed by atoms with Gasteiger partial charge in [-0.05, 0) is 68.6 Å².